The van der Waals surface area contributed by atoms with E-state index in [2.05, 4.69) is 11.6 Å². The maximum absolute atomic E-state index is 11.1. The third-order valence-electron chi connectivity index (χ3n) is 2.21. The van der Waals surface area contributed by atoms with Crippen LogP contribution in [0, 0.1) is 0 Å². The Hall–Kier alpha value is -0.810. The minimum atomic E-state index is -3.73. The van der Waals surface area contributed by atoms with Crippen molar-refractivity contribution in [1.82, 2.24) is 9.55 Å². The van der Waals surface area contributed by atoms with Crippen molar-refractivity contribution >= 4 is 19.7 Å². The molecule has 0 amide bonds. The fourth-order valence-corrected chi connectivity index (χ4v) is 2.12. The van der Waals surface area contributed by atoms with E-state index in [1.165, 1.54) is 6.20 Å². The van der Waals surface area contributed by atoms with E-state index in [1.54, 1.807) is 0 Å². The third kappa shape index (κ3) is 3.35. The van der Waals surface area contributed by atoms with Gasteiger partial charge in [0.1, 0.15) is 5.82 Å². The molecule has 1 aromatic heterocycles. The number of hydrogen-bond acceptors (Lipinski definition) is 3. The number of nitrogens with zero attached hydrogens (tertiary/aromatic N) is 2. The average molecular weight is 263 g/mol. The van der Waals surface area contributed by atoms with Gasteiger partial charge in [-0.15, -0.1) is 6.58 Å². The normalized spacial score (nSPS) is 11.6. The molecule has 0 saturated carbocycles. The van der Waals surface area contributed by atoms with Gasteiger partial charge in [-0.3, -0.25) is 0 Å². The maximum Gasteiger partial charge on any atom is 0.280 e. The minimum Gasteiger partial charge on any atom is -0.333 e. The third-order valence-corrected chi connectivity index (χ3v) is 3.38. The number of imidazole rings is 1. The number of rotatable bonds is 6. The first-order chi connectivity index (χ1) is 7.49. The van der Waals surface area contributed by atoms with Gasteiger partial charge in [-0.25, -0.2) is 13.4 Å². The Morgan fingerprint density at radius 1 is 1.62 bits per heavy atom. The van der Waals surface area contributed by atoms with Crippen molar-refractivity contribution < 1.29 is 8.42 Å². The van der Waals surface area contributed by atoms with Crippen LogP contribution in [0.3, 0.4) is 0 Å². The SMILES string of the molecule is C=CCCCn1cc(S(=O)(=O)Cl)nc1CC. The summed E-state index contributed by atoms with van der Waals surface area (Å²) < 4.78 is 24.1. The number of aromatic nitrogens is 2. The van der Waals surface area contributed by atoms with Crippen molar-refractivity contribution in [3.05, 3.63) is 24.7 Å². The van der Waals surface area contributed by atoms with E-state index in [-0.39, 0.29) is 5.03 Å². The molecule has 0 aliphatic heterocycles. The van der Waals surface area contributed by atoms with Crippen LogP contribution in [-0.2, 0) is 22.0 Å². The van der Waals surface area contributed by atoms with Crippen molar-refractivity contribution in [2.75, 3.05) is 0 Å². The summed E-state index contributed by atoms with van der Waals surface area (Å²) in [6.45, 7) is 6.30. The summed E-state index contributed by atoms with van der Waals surface area (Å²) in [7, 11) is 1.52. The lowest BCUT2D eigenvalue weighted by Gasteiger charge is -2.03. The highest BCUT2D eigenvalue weighted by atomic mass is 35.7. The zero-order valence-corrected chi connectivity index (χ0v) is 10.8. The molecule has 0 spiro atoms. The molecule has 0 aromatic carbocycles. The summed E-state index contributed by atoms with van der Waals surface area (Å²) in [6.07, 6.45) is 5.81. The molecule has 0 radical (unpaired) electrons. The first-order valence-corrected chi connectivity index (χ1v) is 7.41. The zero-order valence-electron chi connectivity index (χ0n) is 9.19. The van der Waals surface area contributed by atoms with Crippen LogP contribution in [0.2, 0.25) is 0 Å². The molecule has 0 aliphatic carbocycles. The molecule has 90 valence electrons. The van der Waals surface area contributed by atoms with Crippen molar-refractivity contribution in [3.63, 3.8) is 0 Å². The number of allylic oxidation sites excluding steroid dienone is 1. The van der Waals surface area contributed by atoms with Gasteiger partial charge in [0.15, 0.2) is 5.03 Å². The summed E-state index contributed by atoms with van der Waals surface area (Å²) in [5, 5.41) is -0.0652. The first kappa shape index (κ1) is 13.3. The van der Waals surface area contributed by atoms with Crippen LogP contribution in [0.1, 0.15) is 25.6 Å². The number of aryl methyl sites for hydroxylation is 2. The molecule has 4 nitrogen and oxygen atoms in total. The van der Waals surface area contributed by atoms with E-state index in [9.17, 15) is 8.42 Å². The van der Waals surface area contributed by atoms with Gasteiger partial charge >= 0.3 is 0 Å². The lowest BCUT2D eigenvalue weighted by atomic mass is 10.3. The highest BCUT2D eigenvalue weighted by Crippen LogP contribution is 2.15. The quantitative estimate of drug-likeness (QED) is 0.449. The predicted octanol–water partition coefficient (Wildman–Crippen LogP) is 2.34. The molecule has 0 N–H and O–H groups in total. The standard InChI is InChI=1S/C10H15ClN2O2S/c1-3-5-6-7-13-8-10(16(11,14)15)12-9(13)4-2/h3,8H,1,4-7H2,2H3. The molecule has 0 unspecified atom stereocenters. The van der Waals surface area contributed by atoms with Crippen molar-refractivity contribution in [2.45, 2.75) is 37.8 Å². The Morgan fingerprint density at radius 3 is 2.81 bits per heavy atom. The Kier molecular flexibility index (Phi) is 4.56. The fraction of sp³-hybridized carbons (Fsp3) is 0.500. The van der Waals surface area contributed by atoms with E-state index in [0.717, 1.165) is 25.2 Å². The summed E-state index contributed by atoms with van der Waals surface area (Å²) >= 11 is 0. The molecule has 0 atom stereocenters. The Labute approximate surface area is 100 Å². The minimum absolute atomic E-state index is 0.0652. The molecule has 0 saturated heterocycles. The molecule has 0 bridgehead atoms. The van der Waals surface area contributed by atoms with Crippen LogP contribution < -0.4 is 0 Å². The van der Waals surface area contributed by atoms with Crippen LogP contribution in [0.4, 0.5) is 0 Å². The number of halogens is 1. The summed E-state index contributed by atoms with van der Waals surface area (Å²) in [4.78, 5) is 4.00. The van der Waals surface area contributed by atoms with Crippen molar-refractivity contribution in [3.8, 4) is 0 Å². The van der Waals surface area contributed by atoms with E-state index < -0.39 is 9.05 Å². The Balaban J connectivity index is 2.91. The van der Waals surface area contributed by atoms with Gasteiger partial charge in [0.05, 0.1) is 0 Å². The number of hydrogen-bond donors (Lipinski definition) is 0. The molecule has 1 rings (SSSR count). The van der Waals surface area contributed by atoms with Crippen molar-refractivity contribution in [1.29, 1.82) is 0 Å². The molecular formula is C10H15ClN2O2S. The predicted molar refractivity (Wildman–Crippen MR) is 64.1 cm³/mol. The summed E-state index contributed by atoms with van der Waals surface area (Å²) in [5.41, 5.74) is 0. The van der Waals surface area contributed by atoms with Gasteiger partial charge in [0.25, 0.3) is 9.05 Å². The molecular weight excluding hydrogens is 248 g/mol. The second-order valence-electron chi connectivity index (χ2n) is 3.41. The second-order valence-corrected chi connectivity index (χ2v) is 5.92. The highest BCUT2D eigenvalue weighted by Gasteiger charge is 2.16. The average Bonchev–Trinajstić information content (AvgIpc) is 2.61. The Bertz CT molecular complexity index is 465. The first-order valence-electron chi connectivity index (χ1n) is 5.10. The van der Waals surface area contributed by atoms with Crippen LogP contribution in [-0.4, -0.2) is 18.0 Å². The molecule has 1 heterocycles. The summed E-state index contributed by atoms with van der Waals surface area (Å²) in [6, 6.07) is 0. The topological polar surface area (TPSA) is 52.0 Å². The molecule has 0 fully saturated rings. The number of unbranched alkanes of at least 4 members (excludes halogenated alkanes) is 1. The monoisotopic (exact) mass is 262 g/mol. The molecule has 16 heavy (non-hydrogen) atoms. The van der Waals surface area contributed by atoms with Gasteiger partial charge < -0.3 is 4.57 Å². The second kappa shape index (κ2) is 5.50. The molecule has 1 aromatic rings. The van der Waals surface area contributed by atoms with Crippen LogP contribution in [0.25, 0.3) is 0 Å². The van der Waals surface area contributed by atoms with Crippen LogP contribution in [0.5, 0.6) is 0 Å². The van der Waals surface area contributed by atoms with E-state index in [0.29, 0.717) is 6.42 Å². The van der Waals surface area contributed by atoms with Crippen molar-refractivity contribution in [2.24, 2.45) is 0 Å². The van der Waals surface area contributed by atoms with Crippen LogP contribution in [0.15, 0.2) is 23.9 Å². The van der Waals surface area contributed by atoms with Crippen LogP contribution >= 0.6 is 10.7 Å². The lowest BCUT2D eigenvalue weighted by Crippen LogP contribution is -2.01. The maximum atomic E-state index is 11.1. The van der Waals surface area contributed by atoms with Gasteiger partial charge in [-0.1, -0.05) is 13.0 Å². The van der Waals surface area contributed by atoms with Gasteiger partial charge in [0, 0.05) is 29.8 Å². The van der Waals surface area contributed by atoms with Gasteiger partial charge in [0.2, 0.25) is 0 Å². The smallest absolute Gasteiger partial charge is 0.280 e. The molecule has 0 aliphatic rings. The largest absolute Gasteiger partial charge is 0.333 e. The zero-order chi connectivity index (χ0) is 12.2. The summed E-state index contributed by atoms with van der Waals surface area (Å²) in [5.74, 6) is 0.739. The fourth-order valence-electron chi connectivity index (χ4n) is 1.43. The van der Waals surface area contributed by atoms with E-state index >= 15 is 0 Å². The lowest BCUT2D eigenvalue weighted by molar-refractivity contribution is 0.606. The van der Waals surface area contributed by atoms with Gasteiger partial charge in [-0.05, 0) is 12.8 Å². The molecule has 6 heteroatoms. The van der Waals surface area contributed by atoms with E-state index in [1.807, 2.05) is 17.6 Å². The van der Waals surface area contributed by atoms with E-state index in [4.69, 9.17) is 10.7 Å². The highest BCUT2D eigenvalue weighted by molar-refractivity contribution is 8.13. The van der Waals surface area contributed by atoms with Gasteiger partial charge in [-0.2, -0.15) is 0 Å². The Morgan fingerprint density at radius 2 is 2.31 bits per heavy atom.